The maximum absolute atomic E-state index is 12.5. The first-order valence-electron chi connectivity index (χ1n) is 8.01. The standard InChI is InChI=1S/C16H20N4O3S2/c1-10-17-7-12(24-10)14(21)19-9-16(3-5-23-6-4-16)20-15(22)13-8-18-11(2)25-13/h7-8H,3-6,9H2,1-2H3,(H,19,21)(H,20,22). The van der Waals surface area contributed by atoms with E-state index in [1.807, 2.05) is 13.8 Å². The molecule has 9 heteroatoms. The number of aromatic nitrogens is 2. The van der Waals surface area contributed by atoms with E-state index in [1.54, 1.807) is 12.4 Å². The summed E-state index contributed by atoms with van der Waals surface area (Å²) >= 11 is 2.71. The highest BCUT2D eigenvalue weighted by Gasteiger charge is 2.35. The van der Waals surface area contributed by atoms with Crippen LogP contribution >= 0.6 is 22.7 Å². The fourth-order valence-corrected chi connectivity index (χ4v) is 4.05. The number of hydrogen-bond acceptors (Lipinski definition) is 7. The molecule has 0 aliphatic carbocycles. The van der Waals surface area contributed by atoms with Crippen molar-refractivity contribution in [1.82, 2.24) is 20.6 Å². The van der Waals surface area contributed by atoms with Crippen molar-refractivity contribution >= 4 is 34.5 Å². The molecule has 134 valence electrons. The summed E-state index contributed by atoms with van der Waals surface area (Å²) in [6, 6.07) is 0. The number of aryl methyl sites for hydroxylation is 2. The molecule has 2 amide bonds. The highest BCUT2D eigenvalue weighted by atomic mass is 32.1. The van der Waals surface area contributed by atoms with Crippen LogP contribution in [0.4, 0.5) is 0 Å². The average molecular weight is 380 g/mol. The van der Waals surface area contributed by atoms with Gasteiger partial charge in [0.1, 0.15) is 9.75 Å². The molecule has 1 aliphatic rings. The lowest BCUT2D eigenvalue weighted by molar-refractivity contribution is 0.0353. The lowest BCUT2D eigenvalue weighted by Gasteiger charge is -2.38. The van der Waals surface area contributed by atoms with Crippen LogP contribution in [0.3, 0.4) is 0 Å². The minimum absolute atomic E-state index is 0.157. The van der Waals surface area contributed by atoms with Crippen LogP contribution in [0.2, 0.25) is 0 Å². The minimum Gasteiger partial charge on any atom is -0.381 e. The Morgan fingerprint density at radius 2 is 1.64 bits per heavy atom. The number of nitrogens with zero attached hydrogens (tertiary/aromatic N) is 2. The predicted molar refractivity (Wildman–Crippen MR) is 96.3 cm³/mol. The highest BCUT2D eigenvalue weighted by Crippen LogP contribution is 2.22. The number of carbonyl (C=O) groups excluding carboxylic acids is 2. The summed E-state index contributed by atoms with van der Waals surface area (Å²) in [5.41, 5.74) is -0.511. The summed E-state index contributed by atoms with van der Waals surface area (Å²) in [5, 5.41) is 7.73. The second kappa shape index (κ2) is 7.59. The molecular weight excluding hydrogens is 360 g/mol. The third kappa shape index (κ3) is 4.42. The van der Waals surface area contributed by atoms with Crippen LogP contribution in [0.25, 0.3) is 0 Å². The average Bonchev–Trinajstić information content (AvgIpc) is 3.22. The first kappa shape index (κ1) is 18.0. The molecule has 25 heavy (non-hydrogen) atoms. The second-order valence-corrected chi connectivity index (χ2v) is 8.49. The Morgan fingerprint density at radius 1 is 1.08 bits per heavy atom. The number of rotatable bonds is 5. The monoisotopic (exact) mass is 380 g/mol. The number of thiazole rings is 2. The molecule has 0 atom stereocenters. The van der Waals surface area contributed by atoms with Gasteiger partial charge in [0.25, 0.3) is 11.8 Å². The first-order valence-corrected chi connectivity index (χ1v) is 9.64. The zero-order chi connectivity index (χ0) is 17.9. The van der Waals surface area contributed by atoms with Crippen LogP contribution < -0.4 is 10.6 Å². The lowest BCUT2D eigenvalue weighted by Crippen LogP contribution is -2.58. The van der Waals surface area contributed by atoms with Crippen LogP contribution in [0.1, 0.15) is 42.2 Å². The van der Waals surface area contributed by atoms with E-state index in [-0.39, 0.29) is 11.8 Å². The van der Waals surface area contributed by atoms with E-state index >= 15 is 0 Å². The SMILES string of the molecule is Cc1ncc(C(=O)NCC2(NC(=O)c3cnc(C)s3)CCOCC2)s1. The Hall–Kier alpha value is -1.84. The van der Waals surface area contributed by atoms with Crippen molar-refractivity contribution in [1.29, 1.82) is 0 Å². The molecule has 1 aliphatic heterocycles. The largest absolute Gasteiger partial charge is 0.381 e. The van der Waals surface area contributed by atoms with E-state index < -0.39 is 5.54 Å². The van der Waals surface area contributed by atoms with E-state index in [4.69, 9.17) is 4.74 Å². The summed E-state index contributed by atoms with van der Waals surface area (Å²) < 4.78 is 5.43. The van der Waals surface area contributed by atoms with Crippen LogP contribution in [-0.4, -0.2) is 47.1 Å². The summed E-state index contributed by atoms with van der Waals surface area (Å²) in [5.74, 6) is -0.324. The number of hydrogen-bond donors (Lipinski definition) is 2. The molecule has 2 aromatic rings. The molecule has 2 aromatic heterocycles. The van der Waals surface area contributed by atoms with Gasteiger partial charge < -0.3 is 15.4 Å². The van der Waals surface area contributed by atoms with E-state index in [9.17, 15) is 9.59 Å². The Bertz CT molecular complexity index is 765. The molecule has 0 saturated carbocycles. The van der Waals surface area contributed by atoms with Gasteiger partial charge in [-0.2, -0.15) is 0 Å². The third-order valence-electron chi connectivity index (χ3n) is 4.11. The van der Waals surface area contributed by atoms with Crippen molar-refractivity contribution in [2.75, 3.05) is 19.8 Å². The Morgan fingerprint density at radius 3 is 2.16 bits per heavy atom. The molecule has 1 saturated heterocycles. The summed E-state index contributed by atoms with van der Waals surface area (Å²) in [6.07, 6.45) is 4.46. The van der Waals surface area contributed by atoms with Gasteiger partial charge >= 0.3 is 0 Å². The van der Waals surface area contributed by atoms with Crippen molar-refractivity contribution in [3.63, 3.8) is 0 Å². The zero-order valence-electron chi connectivity index (χ0n) is 14.1. The quantitative estimate of drug-likeness (QED) is 0.827. The van der Waals surface area contributed by atoms with Crippen molar-refractivity contribution in [3.8, 4) is 0 Å². The number of carbonyl (C=O) groups is 2. The summed E-state index contributed by atoms with van der Waals surface area (Å²) in [7, 11) is 0. The molecular formula is C16H20N4O3S2. The van der Waals surface area contributed by atoms with Crippen molar-refractivity contribution in [3.05, 3.63) is 32.2 Å². The fourth-order valence-electron chi connectivity index (χ4n) is 2.68. The topological polar surface area (TPSA) is 93.2 Å². The van der Waals surface area contributed by atoms with Gasteiger partial charge in [0.2, 0.25) is 0 Å². The van der Waals surface area contributed by atoms with Gasteiger partial charge in [0.05, 0.1) is 27.9 Å². The molecule has 3 rings (SSSR count). The number of nitrogens with one attached hydrogen (secondary N) is 2. The molecule has 0 unspecified atom stereocenters. The van der Waals surface area contributed by atoms with E-state index in [2.05, 4.69) is 20.6 Å². The zero-order valence-corrected chi connectivity index (χ0v) is 15.8. The van der Waals surface area contributed by atoms with E-state index in [0.29, 0.717) is 42.4 Å². The number of ether oxygens (including phenoxy) is 1. The predicted octanol–water partition coefficient (Wildman–Crippen LogP) is 1.93. The fraction of sp³-hybridized carbons (Fsp3) is 0.500. The molecule has 3 heterocycles. The maximum atomic E-state index is 12.5. The normalized spacial score (nSPS) is 16.4. The lowest BCUT2D eigenvalue weighted by atomic mass is 9.89. The van der Waals surface area contributed by atoms with Crippen molar-refractivity contribution < 1.29 is 14.3 Å². The molecule has 0 spiro atoms. The number of amides is 2. The Balaban J connectivity index is 1.68. The molecule has 0 aromatic carbocycles. The maximum Gasteiger partial charge on any atom is 0.263 e. The Labute approximate surface area is 153 Å². The molecule has 2 N–H and O–H groups in total. The van der Waals surface area contributed by atoms with Crippen LogP contribution in [0.15, 0.2) is 12.4 Å². The molecule has 0 radical (unpaired) electrons. The molecule has 7 nitrogen and oxygen atoms in total. The third-order valence-corrected chi connectivity index (χ3v) is 5.93. The van der Waals surface area contributed by atoms with Gasteiger partial charge in [-0.05, 0) is 26.7 Å². The van der Waals surface area contributed by atoms with Gasteiger partial charge in [-0.3, -0.25) is 9.59 Å². The van der Waals surface area contributed by atoms with Gasteiger partial charge in [-0.15, -0.1) is 22.7 Å². The molecule has 1 fully saturated rings. The summed E-state index contributed by atoms with van der Waals surface area (Å²) in [6.45, 7) is 5.19. The van der Waals surface area contributed by atoms with Crippen LogP contribution in [0, 0.1) is 13.8 Å². The smallest absolute Gasteiger partial charge is 0.263 e. The minimum atomic E-state index is -0.511. The van der Waals surface area contributed by atoms with Gasteiger partial charge in [0, 0.05) is 19.8 Å². The molecule has 0 bridgehead atoms. The summed E-state index contributed by atoms with van der Waals surface area (Å²) in [4.78, 5) is 34.2. The van der Waals surface area contributed by atoms with Crippen LogP contribution in [0.5, 0.6) is 0 Å². The van der Waals surface area contributed by atoms with Crippen molar-refractivity contribution in [2.24, 2.45) is 0 Å². The van der Waals surface area contributed by atoms with Crippen LogP contribution in [-0.2, 0) is 4.74 Å². The van der Waals surface area contributed by atoms with Crippen molar-refractivity contribution in [2.45, 2.75) is 32.2 Å². The first-order chi connectivity index (χ1) is 12.0. The van der Waals surface area contributed by atoms with E-state index in [0.717, 1.165) is 10.0 Å². The van der Waals surface area contributed by atoms with Gasteiger partial charge in [-0.1, -0.05) is 0 Å². The Kier molecular flexibility index (Phi) is 5.45. The van der Waals surface area contributed by atoms with E-state index in [1.165, 1.54) is 22.7 Å². The highest BCUT2D eigenvalue weighted by molar-refractivity contribution is 7.13. The van der Waals surface area contributed by atoms with Gasteiger partial charge in [-0.25, -0.2) is 9.97 Å². The van der Waals surface area contributed by atoms with Gasteiger partial charge in [0.15, 0.2) is 0 Å². The second-order valence-electron chi connectivity index (χ2n) is 6.02.